The summed E-state index contributed by atoms with van der Waals surface area (Å²) in [5, 5.41) is 3.84. The first-order chi connectivity index (χ1) is 5.27. The monoisotopic (exact) mass is 158 g/mol. The lowest BCUT2D eigenvalue weighted by atomic mass is 10.2. The van der Waals surface area contributed by atoms with E-state index < -0.39 is 0 Å². The highest BCUT2D eigenvalue weighted by Gasteiger charge is 2.30. The molecule has 0 saturated carbocycles. The second kappa shape index (κ2) is 3.69. The largest absolute Gasteiger partial charge is 0.354 e. The van der Waals surface area contributed by atoms with Gasteiger partial charge in [-0.3, -0.25) is 4.79 Å². The maximum absolute atomic E-state index is 10.7. The number of amides is 1. The van der Waals surface area contributed by atoms with Crippen LogP contribution in [0.15, 0.2) is 0 Å². The second-order valence-corrected chi connectivity index (χ2v) is 2.47. The number of carbonyl (C=O) groups is 1. The first kappa shape index (κ1) is 8.49. The van der Waals surface area contributed by atoms with Crippen molar-refractivity contribution in [3.05, 3.63) is 0 Å². The van der Waals surface area contributed by atoms with Gasteiger partial charge in [0.05, 0.1) is 0 Å². The van der Waals surface area contributed by atoms with Gasteiger partial charge >= 0.3 is 0 Å². The highest BCUT2D eigenvalue weighted by molar-refractivity contribution is 5.78. The molecule has 1 aliphatic heterocycles. The molecule has 1 heterocycles. The Hall–Kier alpha value is -0.610. The SMILES string of the molecule is COC(OC)C1CCC(=O)[N]1. The van der Waals surface area contributed by atoms with E-state index in [9.17, 15) is 4.79 Å². The molecule has 1 amide bonds. The summed E-state index contributed by atoms with van der Waals surface area (Å²) >= 11 is 0. The van der Waals surface area contributed by atoms with Crippen molar-refractivity contribution in [3.63, 3.8) is 0 Å². The third kappa shape index (κ3) is 1.91. The molecule has 0 aromatic heterocycles. The Morgan fingerprint density at radius 1 is 1.55 bits per heavy atom. The zero-order valence-corrected chi connectivity index (χ0v) is 6.74. The lowest BCUT2D eigenvalue weighted by Gasteiger charge is -2.17. The quantitative estimate of drug-likeness (QED) is 0.539. The van der Waals surface area contributed by atoms with Crippen molar-refractivity contribution in [2.24, 2.45) is 0 Å². The first-order valence-corrected chi connectivity index (χ1v) is 3.57. The molecule has 0 bridgehead atoms. The normalized spacial score (nSPS) is 24.3. The molecule has 1 saturated heterocycles. The summed E-state index contributed by atoms with van der Waals surface area (Å²) in [4.78, 5) is 10.7. The van der Waals surface area contributed by atoms with Gasteiger partial charge in [0, 0.05) is 20.6 Å². The van der Waals surface area contributed by atoms with Gasteiger partial charge in [0.25, 0.3) is 0 Å². The van der Waals surface area contributed by atoms with E-state index in [1.54, 1.807) is 14.2 Å². The summed E-state index contributed by atoms with van der Waals surface area (Å²) < 4.78 is 9.93. The third-order valence-electron chi connectivity index (χ3n) is 1.74. The summed E-state index contributed by atoms with van der Waals surface area (Å²) in [5.41, 5.74) is 0. The van der Waals surface area contributed by atoms with E-state index in [1.165, 1.54) is 0 Å². The summed E-state index contributed by atoms with van der Waals surface area (Å²) in [6.45, 7) is 0. The molecule has 0 spiro atoms. The van der Waals surface area contributed by atoms with Crippen molar-refractivity contribution >= 4 is 5.91 Å². The molecule has 4 heteroatoms. The van der Waals surface area contributed by atoms with Gasteiger partial charge in [-0.05, 0) is 6.42 Å². The molecule has 11 heavy (non-hydrogen) atoms. The molecule has 1 rings (SSSR count). The first-order valence-electron chi connectivity index (χ1n) is 3.57. The van der Waals surface area contributed by atoms with Gasteiger partial charge in [-0.25, -0.2) is 5.32 Å². The third-order valence-corrected chi connectivity index (χ3v) is 1.74. The van der Waals surface area contributed by atoms with Crippen LogP contribution in [0, 0.1) is 0 Å². The van der Waals surface area contributed by atoms with Crippen molar-refractivity contribution in [1.29, 1.82) is 0 Å². The molecule has 1 aliphatic rings. The van der Waals surface area contributed by atoms with E-state index in [4.69, 9.17) is 9.47 Å². The molecule has 0 N–H and O–H groups in total. The lowest BCUT2D eigenvalue weighted by molar-refractivity contribution is -0.130. The average Bonchev–Trinajstić information content (AvgIpc) is 2.39. The van der Waals surface area contributed by atoms with Gasteiger partial charge in [-0.2, -0.15) is 0 Å². The number of ether oxygens (including phenoxy) is 2. The predicted octanol–water partition coefficient (Wildman–Crippen LogP) is -0.101. The fourth-order valence-electron chi connectivity index (χ4n) is 1.19. The number of methoxy groups -OCH3 is 2. The van der Waals surface area contributed by atoms with Crippen LogP contribution >= 0.6 is 0 Å². The van der Waals surface area contributed by atoms with E-state index in [0.29, 0.717) is 6.42 Å². The summed E-state index contributed by atoms with van der Waals surface area (Å²) in [7, 11) is 3.10. The van der Waals surface area contributed by atoms with Crippen LogP contribution in [-0.4, -0.2) is 32.5 Å². The number of carbonyl (C=O) groups excluding carboxylic acids is 1. The van der Waals surface area contributed by atoms with Gasteiger partial charge in [0.1, 0.15) is 6.04 Å². The Kier molecular flexibility index (Phi) is 2.84. The number of nitrogens with zero attached hydrogens (tertiary/aromatic N) is 1. The van der Waals surface area contributed by atoms with Crippen LogP contribution in [0.4, 0.5) is 0 Å². The number of hydrogen-bond donors (Lipinski definition) is 0. The summed E-state index contributed by atoms with van der Waals surface area (Å²) in [5.74, 6) is -0.0471. The van der Waals surface area contributed by atoms with E-state index in [2.05, 4.69) is 5.32 Å². The minimum atomic E-state index is -0.360. The van der Waals surface area contributed by atoms with E-state index in [-0.39, 0.29) is 18.2 Å². The van der Waals surface area contributed by atoms with Crippen LogP contribution in [0.5, 0.6) is 0 Å². The standard InChI is InChI=1S/C7H12NO3/c1-10-7(11-2)5-3-4-6(9)8-5/h5,7H,3-4H2,1-2H3. The van der Waals surface area contributed by atoms with Crippen LogP contribution in [0.1, 0.15) is 12.8 Å². The predicted molar refractivity (Wildman–Crippen MR) is 38.0 cm³/mol. The minimum Gasteiger partial charge on any atom is -0.354 e. The fraction of sp³-hybridized carbons (Fsp3) is 0.857. The molecular formula is C7H12NO3. The van der Waals surface area contributed by atoms with Crippen molar-refractivity contribution in [2.75, 3.05) is 14.2 Å². The van der Waals surface area contributed by atoms with Crippen LogP contribution in [0.3, 0.4) is 0 Å². The smallest absolute Gasteiger partial charge is 0.241 e. The zero-order chi connectivity index (χ0) is 8.27. The van der Waals surface area contributed by atoms with Crippen molar-refractivity contribution in [2.45, 2.75) is 25.2 Å². The molecule has 0 aromatic carbocycles. The molecule has 1 fully saturated rings. The summed E-state index contributed by atoms with van der Waals surface area (Å²) in [6, 6.07) is -0.0995. The highest BCUT2D eigenvalue weighted by atomic mass is 16.7. The zero-order valence-electron chi connectivity index (χ0n) is 6.74. The average molecular weight is 158 g/mol. The summed E-state index contributed by atoms with van der Waals surface area (Å²) in [6.07, 6.45) is 0.903. The molecule has 1 unspecified atom stereocenters. The Morgan fingerprint density at radius 2 is 2.18 bits per heavy atom. The maximum Gasteiger partial charge on any atom is 0.241 e. The lowest BCUT2D eigenvalue weighted by Crippen LogP contribution is -2.34. The van der Waals surface area contributed by atoms with Gasteiger partial charge in [-0.15, -0.1) is 0 Å². The van der Waals surface area contributed by atoms with Crippen molar-refractivity contribution in [1.82, 2.24) is 5.32 Å². The number of hydrogen-bond acceptors (Lipinski definition) is 3. The second-order valence-electron chi connectivity index (χ2n) is 2.47. The fourth-order valence-corrected chi connectivity index (χ4v) is 1.19. The van der Waals surface area contributed by atoms with E-state index in [0.717, 1.165) is 6.42 Å². The van der Waals surface area contributed by atoms with Crippen LogP contribution < -0.4 is 5.32 Å². The Balaban J connectivity index is 2.40. The van der Waals surface area contributed by atoms with Gasteiger partial charge in [0.15, 0.2) is 6.29 Å². The van der Waals surface area contributed by atoms with Crippen molar-refractivity contribution in [3.8, 4) is 0 Å². The molecular weight excluding hydrogens is 146 g/mol. The van der Waals surface area contributed by atoms with E-state index in [1.807, 2.05) is 0 Å². The van der Waals surface area contributed by atoms with Gasteiger partial charge in [0.2, 0.25) is 5.91 Å². The molecule has 0 aliphatic carbocycles. The Bertz CT molecular complexity index is 145. The Labute approximate surface area is 65.9 Å². The van der Waals surface area contributed by atoms with E-state index >= 15 is 0 Å². The van der Waals surface area contributed by atoms with Crippen molar-refractivity contribution < 1.29 is 14.3 Å². The highest BCUT2D eigenvalue weighted by Crippen LogP contribution is 2.14. The van der Waals surface area contributed by atoms with Crippen LogP contribution in [0.2, 0.25) is 0 Å². The molecule has 63 valence electrons. The molecule has 1 radical (unpaired) electrons. The topological polar surface area (TPSA) is 49.6 Å². The molecule has 1 atom stereocenters. The van der Waals surface area contributed by atoms with Crippen LogP contribution in [-0.2, 0) is 14.3 Å². The maximum atomic E-state index is 10.7. The molecule has 4 nitrogen and oxygen atoms in total. The molecule has 0 aromatic rings. The minimum absolute atomic E-state index is 0.0471. The van der Waals surface area contributed by atoms with Gasteiger partial charge in [-0.1, -0.05) is 0 Å². The van der Waals surface area contributed by atoms with Crippen LogP contribution in [0.25, 0.3) is 0 Å². The van der Waals surface area contributed by atoms with Gasteiger partial charge < -0.3 is 9.47 Å². The Morgan fingerprint density at radius 3 is 2.55 bits per heavy atom. The number of rotatable bonds is 3.